The first-order valence-electron chi connectivity index (χ1n) is 4.35. The molecule has 2 unspecified atom stereocenters. The molecule has 1 aliphatic rings. The molecule has 0 aliphatic carbocycles. The van der Waals surface area contributed by atoms with E-state index in [-0.39, 0.29) is 5.25 Å². The zero-order valence-corrected chi connectivity index (χ0v) is 8.40. The van der Waals surface area contributed by atoms with Gasteiger partial charge in [-0.25, -0.2) is 0 Å². The standard InChI is InChI=1S/C9H15NOS/c1-7(2)8-9(11,6-10)4-3-5-12-8/h7-8,11H,3-5H2,1-2H3. The lowest BCUT2D eigenvalue weighted by molar-refractivity contribution is 0.0697. The molecule has 1 saturated heterocycles. The smallest absolute Gasteiger partial charge is 0.163 e. The molecule has 1 fully saturated rings. The minimum atomic E-state index is -1.07. The Morgan fingerprint density at radius 2 is 2.33 bits per heavy atom. The zero-order valence-electron chi connectivity index (χ0n) is 7.58. The minimum Gasteiger partial charge on any atom is -0.374 e. The summed E-state index contributed by atoms with van der Waals surface area (Å²) in [6.45, 7) is 4.12. The van der Waals surface area contributed by atoms with E-state index < -0.39 is 5.60 Å². The van der Waals surface area contributed by atoms with Gasteiger partial charge < -0.3 is 5.11 Å². The summed E-state index contributed by atoms with van der Waals surface area (Å²) in [7, 11) is 0. The van der Waals surface area contributed by atoms with E-state index in [0.717, 1.165) is 12.2 Å². The highest BCUT2D eigenvalue weighted by molar-refractivity contribution is 8.00. The van der Waals surface area contributed by atoms with Crippen LogP contribution in [0.25, 0.3) is 0 Å². The second kappa shape index (κ2) is 3.68. The maximum absolute atomic E-state index is 9.93. The van der Waals surface area contributed by atoms with Gasteiger partial charge in [0.25, 0.3) is 0 Å². The quantitative estimate of drug-likeness (QED) is 0.633. The normalized spacial score (nSPS) is 36.4. The summed E-state index contributed by atoms with van der Waals surface area (Å²) >= 11 is 1.73. The number of aliphatic hydroxyl groups is 1. The van der Waals surface area contributed by atoms with Gasteiger partial charge in [-0.3, -0.25) is 0 Å². The van der Waals surface area contributed by atoms with Crippen molar-refractivity contribution in [2.45, 2.75) is 37.5 Å². The Bertz CT molecular complexity index is 199. The van der Waals surface area contributed by atoms with Crippen LogP contribution in [0.15, 0.2) is 0 Å². The van der Waals surface area contributed by atoms with Crippen LogP contribution in [0, 0.1) is 17.2 Å². The largest absolute Gasteiger partial charge is 0.374 e. The van der Waals surface area contributed by atoms with E-state index in [0.29, 0.717) is 12.3 Å². The van der Waals surface area contributed by atoms with E-state index in [4.69, 9.17) is 5.26 Å². The number of nitriles is 1. The molecule has 12 heavy (non-hydrogen) atoms. The average molecular weight is 185 g/mol. The molecule has 0 spiro atoms. The van der Waals surface area contributed by atoms with Gasteiger partial charge in [-0.05, 0) is 24.5 Å². The molecule has 2 nitrogen and oxygen atoms in total. The second-order valence-corrected chi connectivity index (χ2v) is 4.92. The lowest BCUT2D eigenvalue weighted by Crippen LogP contribution is -2.44. The van der Waals surface area contributed by atoms with Gasteiger partial charge in [0, 0.05) is 5.25 Å². The fourth-order valence-electron chi connectivity index (χ4n) is 1.70. The van der Waals surface area contributed by atoms with Crippen molar-refractivity contribution >= 4 is 11.8 Å². The molecule has 0 aromatic rings. The highest BCUT2D eigenvalue weighted by Gasteiger charge is 2.41. The van der Waals surface area contributed by atoms with Crippen molar-refractivity contribution < 1.29 is 5.11 Å². The summed E-state index contributed by atoms with van der Waals surface area (Å²) in [5.41, 5.74) is -1.07. The maximum atomic E-state index is 9.93. The zero-order chi connectivity index (χ0) is 9.19. The van der Waals surface area contributed by atoms with Crippen molar-refractivity contribution in [3.63, 3.8) is 0 Å². The predicted molar refractivity (Wildman–Crippen MR) is 50.9 cm³/mol. The van der Waals surface area contributed by atoms with Crippen LogP contribution in [0.1, 0.15) is 26.7 Å². The van der Waals surface area contributed by atoms with Crippen molar-refractivity contribution in [3.8, 4) is 6.07 Å². The van der Waals surface area contributed by atoms with Crippen LogP contribution in [0.2, 0.25) is 0 Å². The van der Waals surface area contributed by atoms with Crippen LogP contribution in [0.5, 0.6) is 0 Å². The molecule has 0 saturated carbocycles. The molecule has 0 bridgehead atoms. The molecule has 2 atom stereocenters. The first kappa shape index (κ1) is 9.88. The van der Waals surface area contributed by atoms with Crippen molar-refractivity contribution in [2.24, 2.45) is 5.92 Å². The first-order valence-corrected chi connectivity index (χ1v) is 5.40. The highest BCUT2D eigenvalue weighted by Crippen LogP contribution is 2.37. The van der Waals surface area contributed by atoms with Gasteiger partial charge in [-0.2, -0.15) is 17.0 Å². The molecule has 0 amide bonds. The number of thioether (sulfide) groups is 1. The predicted octanol–water partition coefficient (Wildman–Crippen LogP) is 1.79. The average Bonchev–Trinajstić information content (AvgIpc) is 2.05. The topological polar surface area (TPSA) is 44.0 Å². The van der Waals surface area contributed by atoms with Crippen molar-refractivity contribution in [3.05, 3.63) is 0 Å². The van der Waals surface area contributed by atoms with Crippen LogP contribution in [0.3, 0.4) is 0 Å². The number of rotatable bonds is 1. The van der Waals surface area contributed by atoms with Crippen LogP contribution in [-0.4, -0.2) is 21.7 Å². The summed E-state index contributed by atoms with van der Waals surface area (Å²) in [5.74, 6) is 1.45. The summed E-state index contributed by atoms with van der Waals surface area (Å²) in [6, 6.07) is 2.05. The Balaban J connectivity index is 2.75. The van der Waals surface area contributed by atoms with Gasteiger partial charge in [-0.15, -0.1) is 0 Å². The Morgan fingerprint density at radius 3 is 2.75 bits per heavy atom. The minimum absolute atomic E-state index is 0.0937. The third-order valence-electron chi connectivity index (χ3n) is 2.27. The van der Waals surface area contributed by atoms with Gasteiger partial charge in [0.15, 0.2) is 5.60 Å². The summed E-state index contributed by atoms with van der Waals surface area (Å²) in [5, 5.41) is 18.9. The lowest BCUT2D eigenvalue weighted by atomic mass is 9.88. The number of hydrogen-bond acceptors (Lipinski definition) is 3. The highest BCUT2D eigenvalue weighted by atomic mass is 32.2. The fraction of sp³-hybridized carbons (Fsp3) is 0.889. The third-order valence-corrected chi connectivity index (χ3v) is 4.09. The molecule has 1 rings (SSSR count). The molecule has 0 aromatic carbocycles. The van der Waals surface area contributed by atoms with Gasteiger partial charge in [0.2, 0.25) is 0 Å². The number of nitrogens with zero attached hydrogens (tertiary/aromatic N) is 1. The SMILES string of the molecule is CC(C)C1SCCCC1(O)C#N. The third kappa shape index (κ3) is 1.75. The van der Waals surface area contributed by atoms with Crippen LogP contribution < -0.4 is 0 Å². The van der Waals surface area contributed by atoms with E-state index in [1.54, 1.807) is 11.8 Å². The maximum Gasteiger partial charge on any atom is 0.163 e. The second-order valence-electron chi connectivity index (χ2n) is 3.68. The molecule has 1 heterocycles. The lowest BCUT2D eigenvalue weighted by Gasteiger charge is -2.36. The van der Waals surface area contributed by atoms with E-state index in [1.807, 2.05) is 6.07 Å². The first-order chi connectivity index (χ1) is 5.60. The fourth-order valence-corrected chi connectivity index (χ4v) is 3.09. The molecular formula is C9H15NOS. The Morgan fingerprint density at radius 1 is 1.67 bits per heavy atom. The van der Waals surface area contributed by atoms with E-state index in [9.17, 15) is 5.11 Å². The van der Waals surface area contributed by atoms with E-state index in [2.05, 4.69) is 13.8 Å². The summed E-state index contributed by atoms with van der Waals surface area (Å²) < 4.78 is 0. The Kier molecular flexibility index (Phi) is 3.03. The Hall–Kier alpha value is -0.200. The molecule has 1 N–H and O–H groups in total. The molecule has 1 aliphatic heterocycles. The van der Waals surface area contributed by atoms with Crippen molar-refractivity contribution in [1.29, 1.82) is 5.26 Å². The van der Waals surface area contributed by atoms with E-state index >= 15 is 0 Å². The molecular weight excluding hydrogens is 170 g/mol. The summed E-state index contributed by atoms with van der Waals surface area (Å²) in [4.78, 5) is 0. The summed E-state index contributed by atoms with van der Waals surface area (Å²) in [6.07, 6.45) is 1.59. The van der Waals surface area contributed by atoms with Gasteiger partial charge in [0.1, 0.15) is 0 Å². The number of hydrogen-bond donors (Lipinski definition) is 1. The molecule has 0 radical (unpaired) electrons. The molecule has 0 aromatic heterocycles. The monoisotopic (exact) mass is 185 g/mol. The van der Waals surface area contributed by atoms with Crippen LogP contribution in [-0.2, 0) is 0 Å². The van der Waals surface area contributed by atoms with Gasteiger partial charge >= 0.3 is 0 Å². The molecule has 68 valence electrons. The van der Waals surface area contributed by atoms with Crippen LogP contribution >= 0.6 is 11.8 Å². The van der Waals surface area contributed by atoms with Gasteiger partial charge in [0.05, 0.1) is 6.07 Å². The van der Waals surface area contributed by atoms with Crippen LogP contribution in [0.4, 0.5) is 0 Å². The van der Waals surface area contributed by atoms with Crippen molar-refractivity contribution in [1.82, 2.24) is 0 Å². The molecule has 3 heteroatoms. The Labute approximate surface area is 78.0 Å². The van der Waals surface area contributed by atoms with Gasteiger partial charge in [-0.1, -0.05) is 13.8 Å². The van der Waals surface area contributed by atoms with E-state index in [1.165, 1.54) is 0 Å². The van der Waals surface area contributed by atoms with Crippen molar-refractivity contribution in [2.75, 3.05) is 5.75 Å².